The molecule has 1 aromatic carbocycles. The molecular formula is C16H20BrN3. The summed E-state index contributed by atoms with van der Waals surface area (Å²) in [7, 11) is 0. The Morgan fingerprint density at radius 2 is 1.90 bits per heavy atom. The maximum absolute atomic E-state index is 4.69. The monoisotopic (exact) mass is 333 g/mol. The van der Waals surface area contributed by atoms with Gasteiger partial charge in [0.2, 0.25) is 0 Å². The number of halogens is 1. The number of nitrogens with zero attached hydrogens (tertiary/aromatic N) is 2. The van der Waals surface area contributed by atoms with Gasteiger partial charge in [-0.15, -0.1) is 0 Å². The normalized spacial score (nSPS) is 10.6. The van der Waals surface area contributed by atoms with Crippen LogP contribution in [0.1, 0.15) is 31.5 Å². The van der Waals surface area contributed by atoms with Crippen molar-refractivity contribution in [2.75, 3.05) is 11.9 Å². The zero-order valence-electron chi connectivity index (χ0n) is 12.2. The molecule has 0 unspecified atom stereocenters. The van der Waals surface area contributed by atoms with Crippen LogP contribution < -0.4 is 5.32 Å². The van der Waals surface area contributed by atoms with Gasteiger partial charge in [-0.3, -0.25) is 0 Å². The molecule has 0 saturated heterocycles. The van der Waals surface area contributed by atoms with Gasteiger partial charge in [-0.05, 0) is 41.3 Å². The van der Waals surface area contributed by atoms with E-state index in [1.54, 1.807) is 0 Å². The molecule has 106 valence electrons. The van der Waals surface area contributed by atoms with Crippen LogP contribution >= 0.6 is 15.9 Å². The van der Waals surface area contributed by atoms with Crippen LogP contribution in [0.5, 0.6) is 0 Å². The van der Waals surface area contributed by atoms with Crippen molar-refractivity contribution in [2.45, 2.75) is 33.6 Å². The second-order valence-corrected chi connectivity index (χ2v) is 5.54. The Kier molecular flexibility index (Phi) is 5.12. The van der Waals surface area contributed by atoms with Gasteiger partial charge in [-0.2, -0.15) is 0 Å². The van der Waals surface area contributed by atoms with Crippen molar-refractivity contribution < 1.29 is 0 Å². The third-order valence-electron chi connectivity index (χ3n) is 3.18. The van der Waals surface area contributed by atoms with E-state index in [2.05, 4.69) is 59.1 Å². The van der Waals surface area contributed by atoms with E-state index in [-0.39, 0.29) is 0 Å². The highest BCUT2D eigenvalue weighted by Gasteiger charge is 2.13. The van der Waals surface area contributed by atoms with Gasteiger partial charge in [0.1, 0.15) is 5.82 Å². The minimum atomic E-state index is 0.793. The summed E-state index contributed by atoms with van der Waals surface area (Å²) in [6.07, 6.45) is 1.94. The van der Waals surface area contributed by atoms with E-state index in [4.69, 9.17) is 4.98 Å². The van der Waals surface area contributed by atoms with Crippen molar-refractivity contribution in [2.24, 2.45) is 0 Å². The average molecular weight is 334 g/mol. The van der Waals surface area contributed by atoms with E-state index < -0.39 is 0 Å². The van der Waals surface area contributed by atoms with Gasteiger partial charge in [0.25, 0.3) is 0 Å². The molecule has 0 atom stereocenters. The fraction of sp³-hybridized carbons (Fsp3) is 0.375. The van der Waals surface area contributed by atoms with Crippen LogP contribution in [0.15, 0.2) is 28.7 Å². The lowest BCUT2D eigenvalue weighted by Crippen LogP contribution is -2.07. The molecule has 3 nitrogen and oxygen atoms in total. The molecule has 2 aromatic rings. The van der Waals surface area contributed by atoms with Crippen LogP contribution in [-0.4, -0.2) is 16.5 Å². The number of aromatic nitrogens is 2. The van der Waals surface area contributed by atoms with E-state index in [1.807, 2.05) is 12.1 Å². The minimum absolute atomic E-state index is 0.793. The van der Waals surface area contributed by atoms with Gasteiger partial charge in [0.15, 0.2) is 5.82 Å². The number of hydrogen-bond acceptors (Lipinski definition) is 3. The number of benzene rings is 1. The number of aryl methyl sites for hydroxylation is 2. The maximum Gasteiger partial charge on any atom is 0.162 e. The second kappa shape index (κ2) is 6.84. The molecule has 20 heavy (non-hydrogen) atoms. The molecule has 1 heterocycles. The first kappa shape index (κ1) is 15.0. The summed E-state index contributed by atoms with van der Waals surface area (Å²) in [5.74, 6) is 1.68. The molecule has 0 aliphatic carbocycles. The summed E-state index contributed by atoms with van der Waals surface area (Å²) in [5.41, 5.74) is 3.32. The third-order valence-corrected chi connectivity index (χ3v) is 4.02. The molecule has 0 fully saturated rings. The lowest BCUT2D eigenvalue weighted by Gasteiger charge is -2.13. The van der Waals surface area contributed by atoms with Gasteiger partial charge in [-0.1, -0.05) is 38.1 Å². The number of rotatable bonds is 5. The largest absolute Gasteiger partial charge is 0.369 e. The summed E-state index contributed by atoms with van der Waals surface area (Å²) in [5, 5.41) is 3.37. The zero-order valence-corrected chi connectivity index (χ0v) is 13.8. The Balaban J connectivity index is 2.51. The van der Waals surface area contributed by atoms with Crippen molar-refractivity contribution in [3.63, 3.8) is 0 Å². The van der Waals surface area contributed by atoms with Crippen molar-refractivity contribution in [1.82, 2.24) is 9.97 Å². The van der Waals surface area contributed by atoms with Crippen molar-refractivity contribution in [3.8, 4) is 11.4 Å². The van der Waals surface area contributed by atoms with Crippen LogP contribution in [0.4, 0.5) is 5.82 Å². The third kappa shape index (κ3) is 3.18. The lowest BCUT2D eigenvalue weighted by molar-refractivity contribution is 0.943. The highest BCUT2D eigenvalue weighted by molar-refractivity contribution is 9.10. The minimum Gasteiger partial charge on any atom is -0.369 e. The second-order valence-electron chi connectivity index (χ2n) is 4.75. The topological polar surface area (TPSA) is 37.8 Å². The molecule has 0 aliphatic heterocycles. The highest BCUT2D eigenvalue weighted by Crippen LogP contribution is 2.28. The Bertz CT molecular complexity index is 596. The maximum atomic E-state index is 4.69. The molecule has 1 N–H and O–H groups in total. The Morgan fingerprint density at radius 1 is 1.15 bits per heavy atom. The Hall–Kier alpha value is -1.42. The molecule has 1 aromatic heterocycles. The van der Waals surface area contributed by atoms with Crippen molar-refractivity contribution in [1.29, 1.82) is 0 Å². The molecule has 0 saturated carbocycles. The molecule has 4 heteroatoms. The number of anilines is 1. The molecule has 0 radical (unpaired) electrons. The first-order valence-electron chi connectivity index (χ1n) is 7.03. The number of nitrogens with one attached hydrogen (secondary N) is 1. The van der Waals surface area contributed by atoms with E-state index in [0.717, 1.165) is 46.8 Å². The van der Waals surface area contributed by atoms with Gasteiger partial charge in [-0.25, -0.2) is 9.97 Å². The van der Waals surface area contributed by atoms with Gasteiger partial charge in [0.05, 0.1) is 10.2 Å². The van der Waals surface area contributed by atoms with Gasteiger partial charge >= 0.3 is 0 Å². The quantitative estimate of drug-likeness (QED) is 0.868. The van der Waals surface area contributed by atoms with Crippen molar-refractivity contribution >= 4 is 21.7 Å². The highest BCUT2D eigenvalue weighted by atomic mass is 79.9. The summed E-state index contributed by atoms with van der Waals surface area (Å²) >= 11 is 3.61. The van der Waals surface area contributed by atoms with Gasteiger partial charge in [0, 0.05) is 12.1 Å². The first-order valence-corrected chi connectivity index (χ1v) is 7.83. The molecule has 0 bridgehead atoms. The fourth-order valence-corrected chi connectivity index (χ4v) is 2.63. The molecule has 0 aliphatic rings. The zero-order chi connectivity index (χ0) is 14.5. The summed E-state index contributed by atoms with van der Waals surface area (Å²) in [4.78, 5) is 9.37. The predicted molar refractivity (Wildman–Crippen MR) is 88.1 cm³/mol. The first-order chi connectivity index (χ1) is 9.67. The molecule has 0 amide bonds. The smallest absolute Gasteiger partial charge is 0.162 e. The number of hydrogen-bond donors (Lipinski definition) is 1. The van der Waals surface area contributed by atoms with Crippen LogP contribution in [0.25, 0.3) is 11.4 Å². The summed E-state index contributed by atoms with van der Waals surface area (Å²) < 4.78 is 0.978. The SMILES string of the molecule is CCCNc1nc(-c2ccccc2C)nc(CC)c1Br. The van der Waals surface area contributed by atoms with Gasteiger partial charge < -0.3 is 5.32 Å². The lowest BCUT2D eigenvalue weighted by atomic mass is 10.1. The van der Waals surface area contributed by atoms with E-state index in [1.165, 1.54) is 5.56 Å². The molecule has 2 rings (SSSR count). The van der Waals surface area contributed by atoms with E-state index in [0.29, 0.717) is 0 Å². The van der Waals surface area contributed by atoms with Crippen LogP contribution in [0.3, 0.4) is 0 Å². The predicted octanol–water partition coefficient (Wildman–Crippen LogP) is 4.60. The van der Waals surface area contributed by atoms with E-state index >= 15 is 0 Å². The molecular weight excluding hydrogens is 314 g/mol. The fourth-order valence-electron chi connectivity index (χ4n) is 2.03. The van der Waals surface area contributed by atoms with E-state index in [9.17, 15) is 0 Å². The Labute approximate surface area is 129 Å². The summed E-state index contributed by atoms with van der Waals surface area (Å²) in [6, 6.07) is 8.22. The standard InChI is InChI=1S/C16H20BrN3/c1-4-10-18-16-14(17)13(5-2)19-15(20-16)12-9-7-6-8-11(12)3/h6-9H,4-5,10H2,1-3H3,(H,18,19,20). The summed E-state index contributed by atoms with van der Waals surface area (Å²) in [6.45, 7) is 7.25. The molecule has 0 spiro atoms. The van der Waals surface area contributed by atoms with Crippen LogP contribution in [0, 0.1) is 6.92 Å². The van der Waals surface area contributed by atoms with Crippen LogP contribution in [0.2, 0.25) is 0 Å². The van der Waals surface area contributed by atoms with Crippen LogP contribution in [-0.2, 0) is 6.42 Å². The van der Waals surface area contributed by atoms with Crippen molar-refractivity contribution in [3.05, 3.63) is 40.0 Å². The Morgan fingerprint density at radius 3 is 2.55 bits per heavy atom. The average Bonchev–Trinajstić information content (AvgIpc) is 2.47.